The van der Waals surface area contributed by atoms with Crippen molar-refractivity contribution in [3.05, 3.63) is 29.1 Å². The average Bonchev–Trinajstić information content (AvgIpc) is 2.64. The Hall–Kier alpha value is -1.84. The second kappa shape index (κ2) is 4.80. The topological polar surface area (TPSA) is 55.1 Å². The molecule has 0 aliphatic rings. The van der Waals surface area contributed by atoms with Gasteiger partial charge in [-0.3, -0.25) is 4.79 Å². The largest absolute Gasteiger partial charge is 0.481 e. The van der Waals surface area contributed by atoms with Gasteiger partial charge in [-0.1, -0.05) is 0 Å². The first-order chi connectivity index (χ1) is 8.52. The van der Waals surface area contributed by atoms with Crippen molar-refractivity contribution in [3.8, 4) is 0 Å². The van der Waals surface area contributed by atoms with Crippen LogP contribution in [-0.2, 0) is 17.8 Å². The van der Waals surface area contributed by atoms with Crippen LogP contribution in [0.3, 0.4) is 0 Å². The van der Waals surface area contributed by atoms with Gasteiger partial charge in [0.05, 0.1) is 17.5 Å². The van der Waals surface area contributed by atoms with Crippen LogP contribution >= 0.6 is 0 Å². The predicted molar refractivity (Wildman–Crippen MR) is 70.8 cm³/mol. The number of aliphatic carboxylic acids is 1. The Bertz CT molecular complexity index is 599. The van der Waals surface area contributed by atoms with E-state index in [-0.39, 0.29) is 6.42 Å². The van der Waals surface area contributed by atoms with E-state index in [1.165, 1.54) is 11.1 Å². The monoisotopic (exact) mass is 246 g/mol. The molecule has 1 aromatic heterocycles. The molecule has 0 saturated carbocycles. The molecule has 96 valence electrons. The molecular formula is C14H18N2O2. The fourth-order valence-corrected chi connectivity index (χ4v) is 2.19. The summed E-state index contributed by atoms with van der Waals surface area (Å²) in [6.45, 7) is 7.02. The van der Waals surface area contributed by atoms with Gasteiger partial charge < -0.3 is 9.67 Å². The molecule has 0 amide bonds. The van der Waals surface area contributed by atoms with Crippen molar-refractivity contribution in [1.29, 1.82) is 0 Å². The first-order valence-electron chi connectivity index (χ1n) is 6.21. The molecule has 4 heteroatoms. The van der Waals surface area contributed by atoms with E-state index in [0.29, 0.717) is 6.42 Å². The van der Waals surface area contributed by atoms with E-state index in [9.17, 15) is 4.79 Å². The number of benzene rings is 1. The standard InChI is InChI=1S/C14H18N2O2/c1-4-16-12-8-10(3)9(2)7-11(12)15-13(16)5-6-14(17)18/h7-8H,4-6H2,1-3H3,(H,17,18). The van der Waals surface area contributed by atoms with E-state index in [4.69, 9.17) is 5.11 Å². The molecule has 0 fully saturated rings. The SMILES string of the molecule is CCn1c(CCC(=O)O)nc2cc(C)c(C)cc21. The van der Waals surface area contributed by atoms with E-state index in [2.05, 4.69) is 42.5 Å². The summed E-state index contributed by atoms with van der Waals surface area (Å²) < 4.78 is 2.10. The molecule has 0 aliphatic carbocycles. The number of fused-ring (bicyclic) bond motifs is 1. The maximum Gasteiger partial charge on any atom is 0.303 e. The zero-order chi connectivity index (χ0) is 13.3. The van der Waals surface area contributed by atoms with Gasteiger partial charge in [0, 0.05) is 13.0 Å². The second-order valence-corrected chi connectivity index (χ2v) is 4.59. The minimum atomic E-state index is -0.780. The van der Waals surface area contributed by atoms with E-state index in [1.54, 1.807) is 0 Å². The predicted octanol–water partition coefficient (Wildman–Crippen LogP) is 2.69. The molecule has 1 heterocycles. The molecule has 2 aromatic rings. The Morgan fingerprint density at radius 3 is 2.61 bits per heavy atom. The number of nitrogens with zero attached hydrogens (tertiary/aromatic N) is 2. The molecule has 1 aromatic carbocycles. The molecule has 0 atom stereocenters. The molecular weight excluding hydrogens is 228 g/mol. The van der Waals surface area contributed by atoms with Crippen molar-refractivity contribution < 1.29 is 9.90 Å². The quantitative estimate of drug-likeness (QED) is 0.902. The normalized spacial score (nSPS) is 11.1. The third kappa shape index (κ3) is 2.23. The maximum atomic E-state index is 10.7. The first kappa shape index (κ1) is 12.6. The van der Waals surface area contributed by atoms with Crippen molar-refractivity contribution in [3.63, 3.8) is 0 Å². The van der Waals surface area contributed by atoms with Crippen LogP contribution in [0.5, 0.6) is 0 Å². The minimum absolute atomic E-state index is 0.126. The van der Waals surface area contributed by atoms with Crippen LogP contribution in [0.4, 0.5) is 0 Å². The lowest BCUT2D eigenvalue weighted by molar-refractivity contribution is -0.137. The van der Waals surface area contributed by atoms with Crippen LogP contribution in [0.2, 0.25) is 0 Å². The van der Waals surface area contributed by atoms with Crippen molar-refractivity contribution in [2.45, 2.75) is 40.2 Å². The zero-order valence-electron chi connectivity index (χ0n) is 11.0. The van der Waals surface area contributed by atoms with Crippen molar-refractivity contribution in [1.82, 2.24) is 9.55 Å². The van der Waals surface area contributed by atoms with E-state index < -0.39 is 5.97 Å². The molecule has 1 N–H and O–H groups in total. The highest BCUT2D eigenvalue weighted by Gasteiger charge is 2.11. The highest BCUT2D eigenvalue weighted by atomic mass is 16.4. The third-order valence-corrected chi connectivity index (χ3v) is 3.32. The number of imidazole rings is 1. The number of hydrogen-bond donors (Lipinski definition) is 1. The zero-order valence-corrected chi connectivity index (χ0v) is 11.0. The fraction of sp³-hybridized carbons (Fsp3) is 0.429. The van der Waals surface area contributed by atoms with Gasteiger partial charge in [0.25, 0.3) is 0 Å². The van der Waals surface area contributed by atoms with Gasteiger partial charge in [-0.25, -0.2) is 4.98 Å². The van der Waals surface area contributed by atoms with Crippen molar-refractivity contribution in [2.24, 2.45) is 0 Å². The molecule has 0 saturated heterocycles. The number of carboxylic acids is 1. The summed E-state index contributed by atoms with van der Waals surface area (Å²) in [4.78, 5) is 15.2. The number of aryl methyl sites for hydroxylation is 4. The number of aromatic nitrogens is 2. The average molecular weight is 246 g/mol. The highest BCUT2D eigenvalue weighted by Crippen LogP contribution is 2.21. The number of rotatable bonds is 4. The second-order valence-electron chi connectivity index (χ2n) is 4.59. The summed E-state index contributed by atoms with van der Waals surface area (Å²) in [5.74, 6) is 0.0805. The Balaban J connectivity index is 2.50. The Labute approximate surface area is 106 Å². The lowest BCUT2D eigenvalue weighted by atomic mass is 10.1. The van der Waals surface area contributed by atoms with Gasteiger partial charge in [-0.05, 0) is 44.0 Å². The fourth-order valence-electron chi connectivity index (χ4n) is 2.19. The summed E-state index contributed by atoms with van der Waals surface area (Å²) in [5, 5.41) is 8.76. The summed E-state index contributed by atoms with van der Waals surface area (Å²) in [6.07, 6.45) is 0.608. The van der Waals surface area contributed by atoms with Crippen molar-refractivity contribution in [2.75, 3.05) is 0 Å². The molecule has 2 rings (SSSR count). The Morgan fingerprint density at radius 1 is 1.33 bits per heavy atom. The van der Waals surface area contributed by atoms with Crippen LogP contribution in [-0.4, -0.2) is 20.6 Å². The molecule has 0 bridgehead atoms. The Morgan fingerprint density at radius 2 is 2.00 bits per heavy atom. The van der Waals surface area contributed by atoms with Gasteiger partial charge in [0.15, 0.2) is 0 Å². The van der Waals surface area contributed by atoms with E-state index in [0.717, 1.165) is 23.4 Å². The van der Waals surface area contributed by atoms with Gasteiger partial charge in [0.1, 0.15) is 5.82 Å². The lowest BCUT2D eigenvalue weighted by Crippen LogP contribution is -2.05. The number of carbonyl (C=O) groups is 1. The molecule has 18 heavy (non-hydrogen) atoms. The van der Waals surface area contributed by atoms with Crippen LogP contribution in [0.1, 0.15) is 30.3 Å². The summed E-state index contributed by atoms with van der Waals surface area (Å²) >= 11 is 0. The molecule has 0 unspecified atom stereocenters. The first-order valence-corrected chi connectivity index (χ1v) is 6.21. The van der Waals surface area contributed by atoms with Crippen LogP contribution in [0.25, 0.3) is 11.0 Å². The molecule has 0 aliphatic heterocycles. The smallest absolute Gasteiger partial charge is 0.303 e. The van der Waals surface area contributed by atoms with Crippen molar-refractivity contribution >= 4 is 17.0 Å². The third-order valence-electron chi connectivity index (χ3n) is 3.32. The van der Waals surface area contributed by atoms with Gasteiger partial charge in [-0.15, -0.1) is 0 Å². The molecule has 0 radical (unpaired) electrons. The summed E-state index contributed by atoms with van der Waals surface area (Å²) in [7, 11) is 0. The van der Waals surface area contributed by atoms with E-state index >= 15 is 0 Å². The van der Waals surface area contributed by atoms with Crippen LogP contribution < -0.4 is 0 Å². The maximum absolute atomic E-state index is 10.7. The van der Waals surface area contributed by atoms with Gasteiger partial charge in [0.2, 0.25) is 0 Å². The minimum Gasteiger partial charge on any atom is -0.481 e. The van der Waals surface area contributed by atoms with Crippen LogP contribution in [0, 0.1) is 13.8 Å². The number of carboxylic acid groups (broad SMARTS) is 1. The lowest BCUT2D eigenvalue weighted by Gasteiger charge is -2.06. The summed E-state index contributed by atoms with van der Waals surface area (Å²) in [6, 6.07) is 4.20. The van der Waals surface area contributed by atoms with Crippen LogP contribution in [0.15, 0.2) is 12.1 Å². The van der Waals surface area contributed by atoms with Gasteiger partial charge >= 0.3 is 5.97 Å². The van der Waals surface area contributed by atoms with E-state index in [1.807, 2.05) is 0 Å². The van der Waals surface area contributed by atoms with Gasteiger partial charge in [-0.2, -0.15) is 0 Å². The Kier molecular flexibility index (Phi) is 3.36. The number of hydrogen-bond acceptors (Lipinski definition) is 2. The molecule has 0 spiro atoms. The summed E-state index contributed by atoms with van der Waals surface area (Å²) in [5.41, 5.74) is 4.51. The highest BCUT2D eigenvalue weighted by molar-refractivity contribution is 5.78. The molecule has 4 nitrogen and oxygen atoms in total.